The lowest BCUT2D eigenvalue weighted by molar-refractivity contribution is 0.478. The number of aryl methyl sites for hydroxylation is 2. The first-order valence-electron chi connectivity index (χ1n) is 7.28. The summed E-state index contributed by atoms with van der Waals surface area (Å²) in [4.78, 5) is 4.31. The largest absolute Gasteiger partial charge is 0.330 e. The molecule has 0 saturated carbocycles. The van der Waals surface area contributed by atoms with Gasteiger partial charge in [0.15, 0.2) is 0 Å². The van der Waals surface area contributed by atoms with E-state index in [1.165, 1.54) is 11.3 Å². The summed E-state index contributed by atoms with van der Waals surface area (Å²) < 4.78 is 4.08. The van der Waals surface area contributed by atoms with E-state index in [4.69, 9.17) is 5.73 Å². The molecule has 20 heavy (non-hydrogen) atoms. The van der Waals surface area contributed by atoms with E-state index in [1.54, 1.807) is 0 Å². The molecular formula is C15H25N5. The van der Waals surface area contributed by atoms with Gasteiger partial charge in [0, 0.05) is 43.2 Å². The normalized spacial score (nSPS) is 13.1. The Labute approximate surface area is 120 Å². The van der Waals surface area contributed by atoms with E-state index in [9.17, 15) is 0 Å². The van der Waals surface area contributed by atoms with Gasteiger partial charge in [0.25, 0.3) is 0 Å². The lowest BCUT2D eigenvalue weighted by Gasteiger charge is -2.20. The van der Waals surface area contributed by atoms with Crippen LogP contribution < -0.4 is 5.73 Å². The van der Waals surface area contributed by atoms with Crippen LogP contribution in [-0.4, -0.2) is 25.9 Å². The monoisotopic (exact) mass is 275 g/mol. The maximum absolute atomic E-state index is 5.93. The number of hydrogen-bond acceptors (Lipinski definition) is 3. The summed E-state index contributed by atoms with van der Waals surface area (Å²) in [6, 6.07) is 0. The van der Waals surface area contributed by atoms with Crippen molar-refractivity contribution in [2.24, 2.45) is 18.7 Å². The lowest BCUT2D eigenvalue weighted by atomic mass is 9.93. The Balaban J connectivity index is 2.28. The summed E-state index contributed by atoms with van der Waals surface area (Å²) in [7, 11) is 1.97. The average Bonchev–Trinajstić information content (AvgIpc) is 2.98. The molecule has 2 N–H and O–H groups in total. The number of hydrogen-bond donors (Lipinski definition) is 1. The molecule has 2 rings (SSSR count). The van der Waals surface area contributed by atoms with Gasteiger partial charge in [-0.25, -0.2) is 4.98 Å². The van der Waals surface area contributed by atoms with Gasteiger partial charge in [-0.1, -0.05) is 20.8 Å². The van der Waals surface area contributed by atoms with Crippen molar-refractivity contribution in [1.82, 2.24) is 19.3 Å². The van der Waals surface area contributed by atoms with Crippen molar-refractivity contribution in [2.45, 2.75) is 39.7 Å². The molecule has 0 amide bonds. The number of nitrogens with two attached hydrogens (primary N) is 1. The fourth-order valence-corrected chi connectivity index (χ4v) is 2.70. The van der Waals surface area contributed by atoms with Gasteiger partial charge in [0.2, 0.25) is 0 Å². The molecule has 110 valence electrons. The van der Waals surface area contributed by atoms with E-state index < -0.39 is 0 Å². The molecular weight excluding hydrogens is 250 g/mol. The maximum atomic E-state index is 5.93. The van der Waals surface area contributed by atoms with Crippen molar-refractivity contribution in [2.75, 3.05) is 6.54 Å². The summed E-state index contributed by atoms with van der Waals surface area (Å²) in [5.74, 6) is 0.856. The molecule has 2 aromatic rings. The predicted molar refractivity (Wildman–Crippen MR) is 80.5 cm³/mol. The quantitative estimate of drug-likeness (QED) is 0.876. The minimum absolute atomic E-state index is 0.347. The van der Waals surface area contributed by atoms with Crippen LogP contribution in [0.25, 0.3) is 0 Å². The Hall–Kier alpha value is -1.62. The van der Waals surface area contributed by atoms with E-state index in [2.05, 4.69) is 41.6 Å². The summed E-state index contributed by atoms with van der Waals surface area (Å²) >= 11 is 0. The van der Waals surface area contributed by atoms with Gasteiger partial charge in [-0.05, 0) is 12.3 Å². The highest BCUT2D eigenvalue weighted by molar-refractivity contribution is 5.19. The molecule has 0 aliphatic rings. The zero-order chi connectivity index (χ0) is 14.7. The standard InChI is InChI=1S/C15H25N5/c1-5-14-12(8-19(4)18-14)9-20-10-17-7-15(20)13(6-16)11(2)3/h7-8,10-11,13H,5-6,9,16H2,1-4H3. The van der Waals surface area contributed by atoms with E-state index in [1.807, 2.05) is 24.3 Å². The minimum Gasteiger partial charge on any atom is -0.330 e. The average molecular weight is 275 g/mol. The topological polar surface area (TPSA) is 61.7 Å². The van der Waals surface area contributed by atoms with Gasteiger partial charge in [0.1, 0.15) is 0 Å². The van der Waals surface area contributed by atoms with Crippen LogP contribution in [-0.2, 0) is 20.0 Å². The second-order valence-electron chi connectivity index (χ2n) is 5.66. The fraction of sp³-hybridized carbons (Fsp3) is 0.600. The first-order valence-corrected chi connectivity index (χ1v) is 7.28. The predicted octanol–water partition coefficient (Wildman–Crippen LogP) is 1.93. The molecule has 0 bridgehead atoms. The summed E-state index contributed by atoms with van der Waals surface area (Å²) in [5.41, 5.74) is 9.56. The molecule has 1 atom stereocenters. The van der Waals surface area contributed by atoms with E-state index in [-0.39, 0.29) is 0 Å². The van der Waals surface area contributed by atoms with Crippen LogP contribution >= 0.6 is 0 Å². The van der Waals surface area contributed by atoms with Crippen molar-refractivity contribution < 1.29 is 0 Å². The Kier molecular flexibility index (Phi) is 4.60. The molecule has 0 aliphatic heterocycles. The molecule has 2 aromatic heterocycles. The van der Waals surface area contributed by atoms with E-state index >= 15 is 0 Å². The molecule has 0 saturated heterocycles. The minimum atomic E-state index is 0.347. The number of imidazole rings is 1. The Morgan fingerprint density at radius 1 is 1.35 bits per heavy atom. The van der Waals surface area contributed by atoms with Crippen molar-refractivity contribution >= 4 is 0 Å². The zero-order valence-electron chi connectivity index (χ0n) is 12.9. The smallest absolute Gasteiger partial charge is 0.0951 e. The van der Waals surface area contributed by atoms with Gasteiger partial charge in [-0.2, -0.15) is 5.10 Å². The number of aromatic nitrogens is 4. The Bertz CT molecular complexity index is 552. The Morgan fingerprint density at radius 3 is 2.70 bits per heavy atom. The van der Waals surface area contributed by atoms with Crippen LogP contribution in [0.3, 0.4) is 0 Å². The first kappa shape index (κ1) is 14.8. The third-order valence-corrected chi connectivity index (χ3v) is 3.85. The molecule has 0 radical (unpaired) electrons. The third-order valence-electron chi connectivity index (χ3n) is 3.85. The summed E-state index contributed by atoms with van der Waals surface area (Å²) in [5, 5.41) is 4.50. The molecule has 0 aliphatic carbocycles. The van der Waals surface area contributed by atoms with Gasteiger partial charge < -0.3 is 10.3 Å². The summed E-state index contributed by atoms with van der Waals surface area (Å²) in [6.45, 7) is 8.01. The summed E-state index contributed by atoms with van der Waals surface area (Å²) in [6.07, 6.45) is 6.88. The molecule has 2 heterocycles. The molecule has 0 fully saturated rings. The number of rotatable bonds is 6. The van der Waals surface area contributed by atoms with Crippen molar-refractivity contribution in [3.63, 3.8) is 0 Å². The van der Waals surface area contributed by atoms with Crippen LogP contribution in [0.5, 0.6) is 0 Å². The highest BCUT2D eigenvalue weighted by Crippen LogP contribution is 2.24. The number of nitrogens with zero attached hydrogens (tertiary/aromatic N) is 4. The van der Waals surface area contributed by atoms with E-state index in [0.29, 0.717) is 18.4 Å². The van der Waals surface area contributed by atoms with Gasteiger partial charge in [-0.15, -0.1) is 0 Å². The Morgan fingerprint density at radius 2 is 2.10 bits per heavy atom. The molecule has 1 unspecified atom stereocenters. The highest BCUT2D eigenvalue weighted by Gasteiger charge is 2.19. The molecule has 5 nitrogen and oxygen atoms in total. The van der Waals surface area contributed by atoms with Crippen LogP contribution in [0, 0.1) is 5.92 Å². The van der Waals surface area contributed by atoms with Crippen LogP contribution in [0.4, 0.5) is 0 Å². The van der Waals surface area contributed by atoms with Gasteiger partial charge >= 0.3 is 0 Å². The van der Waals surface area contributed by atoms with Crippen LogP contribution in [0.1, 0.15) is 43.6 Å². The van der Waals surface area contributed by atoms with Crippen molar-refractivity contribution in [1.29, 1.82) is 0 Å². The van der Waals surface area contributed by atoms with Crippen molar-refractivity contribution in [3.05, 3.63) is 35.7 Å². The molecule has 0 spiro atoms. The zero-order valence-corrected chi connectivity index (χ0v) is 12.9. The molecule has 5 heteroatoms. The second kappa shape index (κ2) is 6.22. The van der Waals surface area contributed by atoms with Gasteiger partial charge in [0.05, 0.1) is 18.6 Å². The van der Waals surface area contributed by atoms with E-state index in [0.717, 1.165) is 18.7 Å². The maximum Gasteiger partial charge on any atom is 0.0951 e. The van der Waals surface area contributed by atoms with Crippen LogP contribution in [0.15, 0.2) is 18.7 Å². The highest BCUT2D eigenvalue weighted by atomic mass is 15.3. The first-order chi connectivity index (χ1) is 9.56. The fourth-order valence-electron chi connectivity index (χ4n) is 2.70. The third kappa shape index (κ3) is 2.93. The molecule has 0 aromatic carbocycles. The lowest BCUT2D eigenvalue weighted by Crippen LogP contribution is -2.21. The van der Waals surface area contributed by atoms with Crippen LogP contribution in [0.2, 0.25) is 0 Å². The van der Waals surface area contributed by atoms with Crippen molar-refractivity contribution in [3.8, 4) is 0 Å². The van der Waals surface area contributed by atoms with Gasteiger partial charge in [-0.3, -0.25) is 4.68 Å². The SMILES string of the molecule is CCc1nn(C)cc1Cn1cncc1C(CN)C(C)C. The second-order valence-corrected chi connectivity index (χ2v) is 5.66.